The molecule has 2 heterocycles. The van der Waals surface area contributed by atoms with E-state index in [2.05, 4.69) is 0 Å². The van der Waals surface area contributed by atoms with E-state index in [0.717, 1.165) is 12.8 Å². The van der Waals surface area contributed by atoms with Gasteiger partial charge in [0.15, 0.2) is 0 Å². The van der Waals surface area contributed by atoms with E-state index in [1.54, 1.807) is 11.0 Å². The summed E-state index contributed by atoms with van der Waals surface area (Å²) in [6.07, 6.45) is 1.87. The number of carbonyl (C=O) groups excluding carboxylic acids is 1. The number of ether oxygens (including phenoxy) is 1. The second-order valence-electron chi connectivity index (χ2n) is 4.95. The maximum atomic E-state index is 13.1. The van der Waals surface area contributed by atoms with E-state index in [1.165, 1.54) is 6.07 Å². The van der Waals surface area contributed by atoms with Crippen molar-refractivity contribution in [2.45, 2.75) is 32.2 Å². The molecule has 0 N–H and O–H groups in total. The first-order chi connectivity index (χ1) is 9.26. The van der Waals surface area contributed by atoms with E-state index >= 15 is 0 Å². The topological polar surface area (TPSA) is 29.5 Å². The van der Waals surface area contributed by atoms with Crippen molar-refractivity contribution in [1.29, 1.82) is 0 Å². The lowest BCUT2D eigenvalue weighted by Gasteiger charge is -2.20. The average Bonchev–Trinajstić information content (AvgIpc) is 2.86. The second-order valence-corrected chi connectivity index (χ2v) is 4.95. The Kier molecular flexibility index (Phi) is 3.12. The fourth-order valence-electron chi connectivity index (χ4n) is 2.88. The number of hydrogen-bond donors (Lipinski definition) is 0. The zero-order valence-electron chi connectivity index (χ0n) is 10.5. The monoisotopic (exact) mass is 267 g/mol. The summed E-state index contributed by atoms with van der Waals surface area (Å²) in [6, 6.07) is 3.08. The van der Waals surface area contributed by atoms with Gasteiger partial charge in [0, 0.05) is 12.1 Å². The zero-order valence-corrected chi connectivity index (χ0v) is 10.5. The van der Waals surface area contributed by atoms with Crippen LogP contribution in [0.2, 0.25) is 0 Å². The van der Waals surface area contributed by atoms with E-state index in [9.17, 15) is 13.6 Å². The van der Waals surface area contributed by atoms with Crippen LogP contribution in [0.3, 0.4) is 0 Å². The lowest BCUT2D eigenvalue weighted by molar-refractivity contribution is 0.0726. The molecule has 0 spiro atoms. The van der Waals surface area contributed by atoms with Gasteiger partial charge >= 0.3 is 0 Å². The number of benzene rings is 1. The number of halogens is 2. The number of nitrogens with zero attached hydrogens (tertiary/aromatic N) is 1. The van der Waals surface area contributed by atoms with Gasteiger partial charge in [-0.15, -0.1) is 0 Å². The Morgan fingerprint density at radius 3 is 2.89 bits per heavy atom. The van der Waals surface area contributed by atoms with Gasteiger partial charge in [-0.05, 0) is 24.5 Å². The minimum atomic E-state index is -0.819. The third-order valence-electron chi connectivity index (χ3n) is 3.92. The molecule has 19 heavy (non-hydrogen) atoms. The van der Waals surface area contributed by atoms with E-state index in [-0.39, 0.29) is 28.8 Å². The highest BCUT2D eigenvalue weighted by atomic mass is 19.1. The van der Waals surface area contributed by atoms with Crippen molar-refractivity contribution >= 4 is 5.91 Å². The highest BCUT2D eigenvalue weighted by molar-refractivity contribution is 5.98. The van der Waals surface area contributed by atoms with Crippen LogP contribution in [0.5, 0.6) is 5.75 Å². The van der Waals surface area contributed by atoms with Crippen LogP contribution in [0.15, 0.2) is 12.1 Å². The summed E-state index contributed by atoms with van der Waals surface area (Å²) in [6.45, 7) is -0.499. The Balaban J connectivity index is 2.09. The van der Waals surface area contributed by atoms with Gasteiger partial charge in [0.05, 0.1) is 11.6 Å². The number of fused-ring (bicyclic) bond motifs is 2. The SMILES string of the molecule is O=C1c2ccc(CF)c(CF)c2OC[C@@H]2CCCN12. The first-order valence-corrected chi connectivity index (χ1v) is 6.46. The van der Waals surface area contributed by atoms with Crippen LogP contribution in [0.1, 0.15) is 34.3 Å². The molecule has 102 valence electrons. The number of amides is 1. The summed E-state index contributed by atoms with van der Waals surface area (Å²) in [5.41, 5.74) is 0.792. The van der Waals surface area contributed by atoms with Crippen LogP contribution in [0.4, 0.5) is 8.78 Å². The van der Waals surface area contributed by atoms with E-state index < -0.39 is 13.3 Å². The molecule has 5 heteroatoms. The third kappa shape index (κ3) is 1.88. The minimum absolute atomic E-state index is 0.0567. The molecule has 0 radical (unpaired) electrons. The van der Waals surface area contributed by atoms with Crippen molar-refractivity contribution < 1.29 is 18.3 Å². The molecule has 1 saturated heterocycles. The van der Waals surface area contributed by atoms with Gasteiger partial charge < -0.3 is 9.64 Å². The van der Waals surface area contributed by atoms with Crippen molar-refractivity contribution in [2.75, 3.05) is 13.2 Å². The first kappa shape index (κ1) is 12.4. The van der Waals surface area contributed by atoms with Crippen molar-refractivity contribution in [1.82, 2.24) is 4.90 Å². The maximum Gasteiger partial charge on any atom is 0.257 e. The van der Waals surface area contributed by atoms with E-state index in [4.69, 9.17) is 4.74 Å². The Labute approximate surface area is 110 Å². The maximum absolute atomic E-state index is 13.1. The molecule has 1 amide bonds. The van der Waals surface area contributed by atoms with Crippen LogP contribution in [-0.4, -0.2) is 30.0 Å². The molecule has 0 bridgehead atoms. The fourth-order valence-corrected chi connectivity index (χ4v) is 2.88. The smallest absolute Gasteiger partial charge is 0.257 e. The highest BCUT2D eigenvalue weighted by Crippen LogP contribution is 2.34. The Morgan fingerprint density at radius 1 is 1.32 bits per heavy atom. The van der Waals surface area contributed by atoms with Gasteiger partial charge in [0.1, 0.15) is 25.7 Å². The van der Waals surface area contributed by atoms with Crippen LogP contribution < -0.4 is 4.74 Å². The predicted molar refractivity (Wildman–Crippen MR) is 65.6 cm³/mol. The summed E-state index contributed by atoms with van der Waals surface area (Å²) >= 11 is 0. The van der Waals surface area contributed by atoms with E-state index in [0.29, 0.717) is 18.7 Å². The van der Waals surface area contributed by atoms with Crippen molar-refractivity contribution in [3.05, 3.63) is 28.8 Å². The summed E-state index contributed by atoms with van der Waals surface area (Å²) in [5, 5.41) is 0. The van der Waals surface area contributed by atoms with Gasteiger partial charge in [-0.25, -0.2) is 8.78 Å². The minimum Gasteiger partial charge on any atom is -0.490 e. The van der Waals surface area contributed by atoms with Gasteiger partial charge in [-0.3, -0.25) is 4.79 Å². The first-order valence-electron chi connectivity index (χ1n) is 6.46. The fraction of sp³-hybridized carbons (Fsp3) is 0.500. The van der Waals surface area contributed by atoms with Crippen LogP contribution >= 0.6 is 0 Å². The standard InChI is InChI=1S/C14H15F2NO2/c15-6-9-3-4-11-13(12(9)7-16)19-8-10-2-1-5-17(10)14(11)18/h3-4,10H,1-2,5-8H2/t10-/m0/s1. The second kappa shape index (κ2) is 4.79. The molecular weight excluding hydrogens is 252 g/mol. The molecule has 0 aromatic heterocycles. The van der Waals surface area contributed by atoms with Crippen LogP contribution in [0.25, 0.3) is 0 Å². The summed E-state index contributed by atoms with van der Waals surface area (Å²) in [4.78, 5) is 14.2. The normalized spacial score (nSPS) is 21.7. The Morgan fingerprint density at radius 2 is 2.16 bits per heavy atom. The summed E-state index contributed by atoms with van der Waals surface area (Å²) < 4.78 is 31.6. The number of carbonyl (C=O) groups is 1. The molecule has 0 unspecified atom stereocenters. The van der Waals surface area contributed by atoms with Gasteiger partial charge in [0.25, 0.3) is 5.91 Å². The molecule has 2 aliphatic rings. The van der Waals surface area contributed by atoms with Crippen LogP contribution in [0, 0.1) is 0 Å². The molecule has 0 aliphatic carbocycles. The largest absolute Gasteiger partial charge is 0.490 e. The molecule has 1 aromatic rings. The lowest BCUT2D eigenvalue weighted by Crippen LogP contribution is -2.36. The molecule has 1 atom stereocenters. The molecule has 2 aliphatic heterocycles. The Hall–Kier alpha value is -1.65. The highest BCUT2D eigenvalue weighted by Gasteiger charge is 2.35. The number of hydrogen-bond acceptors (Lipinski definition) is 2. The van der Waals surface area contributed by atoms with Crippen molar-refractivity contribution in [3.8, 4) is 5.75 Å². The predicted octanol–water partition coefficient (Wildman–Crippen LogP) is 2.62. The van der Waals surface area contributed by atoms with Gasteiger partial charge in [0.2, 0.25) is 0 Å². The summed E-state index contributed by atoms with van der Waals surface area (Å²) in [7, 11) is 0. The number of rotatable bonds is 2. The van der Waals surface area contributed by atoms with Gasteiger partial charge in [-0.2, -0.15) is 0 Å². The molecule has 0 saturated carbocycles. The molecular formula is C14H15F2NO2. The molecule has 1 fully saturated rings. The summed E-state index contributed by atoms with van der Waals surface area (Å²) in [5.74, 6) is 0.104. The molecule has 3 rings (SSSR count). The Bertz CT molecular complexity index is 518. The number of alkyl halides is 2. The quantitative estimate of drug-likeness (QED) is 0.824. The van der Waals surface area contributed by atoms with E-state index in [1.807, 2.05) is 0 Å². The van der Waals surface area contributed by atoms with Crippen molar-refractivity contribution in [3.63, 3.8) is 0 Å². The zero-order chi connectivity index (χ0) is 13.4. The van der Waals surface area contributed by atoms with Crippen LogP contribution in [-0.2, 0) is 13.3 Å². The average molecular weight is 267 g/mol. The third-order valence-corrected chi connectivity index (χ3v) is 3.92. The van der Waals surface area contributed by atoms with Crippen molar-refractivity contribution in [2.24, 2.45) is 0 Å². The molecule has 1 aromatic carbocycles. The molecule has 3 nitrogen and oxygen atoms in total. The lowest BCUT2D eigenvalue weighted by atomic mass is 10.0. The van der Waals surface area contributed by atoms with Gasteiger partial charge in [-0.1, -0.05) is 6.07 Å².